The standard InChI is InChI=1S/C21H24N6O4S/c1-22-32(2,30)21(5-6-21)16-11-17(27-9-10-31-15(12-27)20(28)29)26-19(25-16)14-4-8-24-18-13(14)3-7-23-18/h3-4,7-8,11,15H,5-6,9-10,12H2,1-2H3,(H,23,24)(H,28,29). The summed E-state index contributed by atoms with van der Waals surface area (Å²) in [6, 6.07) is 5.61. The summed E-state index contributed by atoms with van der Waals surface area (Å²) in [6.45, 7) is 0.957. The Kier molecular flexibility index (Phi) is 4.90. The molecule has 168 valence electrons. The van der Waals surface area contributed by atoms with Crippen LogP contribution in [0.1, 0.15) is 18.5 Å². The molecule has 3 aromatic rings. The van der Waals surface area contributed by atoms with Crippen molar-refractivity contribution in [1.82, 2.24) is 19.9 Å². The van der Waals surface area contributed by atoms with Gasteiger partial charge in [0.2, 0.25) is 0 Å². The van der Waals surface area contributed by atoms with E-state index in [9.17, 15) is 14.1 Å². The van der Waals surface area contributed by atoms with E-state index in [0.29, 0.717) is 23.9 Å². The number of morpholine rings is 1. The maximum Gasteiger partial charge on any atom is 0.334 e. The molecule has 1 saturated carbocycles. The van der Waals surface area contributed by atoms with Crippen molar-refractivity contribution in [3.63, 3.8) is 0 Å². The fourth-order valence-electron chi connectivity index (χ4n) is 4.23. The molecule has 2 N–H and O–H groups in total. The largest absolute Gasteiger partial charge is 0.479 e. The lowest BCUT2D eigenvalue weighted by Crippen LogP contribution is -2.46. The number of aromatic amines is 1. The van der Waals surface area contributed by atoms with E-state index in [1.165, 1.54) is 0 Å². The molecule has 2 atom stereocenters. The second kappa shape index (κ2) is 7.52. The van der Waals surface area contributed by atoms with Crippen molar-refractivity contribution in [1.29, 1.82) is 0 Å². The van der Waals surface area contributed by atoms with Gasteiger partial charge in [-0.15, -0.1) is 0 Å². The van der Waals surface area contributed by atoms with Gasteiger partial charge < -0.3 is 19.7 Å². The average Bonchev–Trinajstić information content (AvgIpc) is 3.50. The van der Waals surface area contributed by atoms with Crippen LogP contribution in [0.4, 0.5) is 5.82 Å². The van der Waals surface area contributed by atoms with E-state index < -0.39 is 26.5 Å². The molecule has 32 heavy (non-hydrogen) atoms. The number of carboxylic acids is 1. The van der Waals surface area contributed by atoms with E-state index >= 15 is 0 Å². The van der Waals surface area contributed by atoms with E-state index in [4.69, 9.17) is 14.7 Å². The van der Waals surface area contributed by atoms with Crippen LogP contribution in [0.15, 0.2) is 35.0 Å². The highest BCUT2D eigenvalue weighted by molar-refractivity contribution is 7.94. The van der Waals surface area contributed by atoms with E-state index in [1.807, 2.05) is 29.3 Å². The fraction of sp³-hybridized carbons (Fsp3) is 0.429. The molecule has 2 unspecified atom stereocenters. The van der Waals surface area contributed by atoms with E-state index in [2.05, 4.69) is 14.3 Å². The van der Waals surface area contributed by atoms with Crippen LogP contribution in [0.25, 0.3) is 22.4 Å². The summed E-state index contributed by atoms with van der Waals surface area (Å²) >= 11 is 0. The van der Waals surface area contributed by atoms with Gasteiger partial charge in [-0.2, -0.15) is 0 Å². The molecule has 5 rings (SSSR count). The molecule has 2 fully saturated rings. The number of aromatic nitrogens is 4. The number of fused-ring (bicyclic) bond motifs is 1. The number of nitrogens with zero attached hydrogens (tertiary/aromatic N) is 5. The summed E-state index contributed by atoms with van der Waals surface area (Å²) < 4.78 is 22.3. The highest BCUT2D eigenvalue weighted by Gasteiger charge is 2.53. The molecule has 1 aliphatic carbocycles. The smallest absolute Gasteiger partial charge is 0.334 e. The number of pyridine rings is 1. The quantitative estimate of drug-likeness (QED) is 0.596. The zero-order valence-electron chi connectivity index (χ0n) is 17.8. The van der Waals surface area contributed by atoms with Crippen molar-refractivity contribution in [3.05, 3.63) is 36.3 Å². The predicted molar refractivity (Wildman–Crippen MR) is 120 cm³/mol. The molecule has 0 aromatic carbocycles. The summed E-state index contributed by atoms with van der Waals surface area (Å²) in [6.07, 6.45) is 5.70. The normalized spacial score (nSPS) is 21.8. The van der Waals surface area contributed by atoms with Gasteiger partial charge >= 0.3 is 5.97 Å². The monoisotopic (exact) mass is 456 g/mol. The van der Waals surface area contributed by atoms with Crippen LogP contribution < -0.4 is 4.90 Å². The molecular weight excluding hydrogens is 432 g/mol. The van der Waals surface area contributed by atoms with Crippen molar-refractivity contribution in [2.24, 2.45) is 4.36 Å². The van der Waals surface area contributed by atoms with E-state index in [1.54, 1.807) is 19.5 Å². The molecule has 4 heterocycles. The molecule has 11 heteroatoms. The van der Waals surface area contributed by atoms with Crippen molar-refractivity contribution in [2.45, 2.75) is 23.7 Å². The number of H-pyrrole nitrogens is 1. The third-order valence-electron chi connectivity index (χ3n) is 6.32. The minimum Gasteiger partial charge on any atom is -0.479 e. The Morgan fingerprint density at radius 2 is 2.19 bits per heavy atom. The first-order chi connectivity index (χ1) is 15.3. The van der Waals surface area contributed by atoms with Gasteiger partial charge in [-0.05, 0) is 25.0 Å². The van der Waals surface area contributed by atoms with Crippen LogP contribution in [0.5, 0.6) is 0 Å². The topological polar surface area (TPSA) is 134 Å². The summed E-state index contributed by atoms with van der Waals surface area (Å²) in [5, 5.41) is 10.3. The SMILES string of the molecule is CN=S(C)(=O)C1(c2cc(N3CCOC(C(=O)O)C3)nc(-c3ccnc4[nH]ccc34)n2)CC1. The average molecular weight is 457 g/mol. The molecule has 2 aliphatic rings. The predicted octanol–water partition coefficient (Wildman–Crippen LogP) is 2.03. The molecule has 0 radical (unpaired) electrons. The van der Waals surface area contributed by atoms with Gasteiger partial charge in [-0.25, -0.2) is 28.3 Å². The van der Waals surface area contributed by atoms with Gasteiger partial charge in [0.25, 0.3) is 0 Å². The minimum atomic E-state index is -2.51. The Balaban J connectivity index is 1.68. The molecule has 0 amide bonds. The Hall–Kier alpha value is -3.05. The zero-order chi connectivity index (χ0) is 22.5. The first kappa shape index (κ1) is 20.8. The zero-order valence-corrected chi connectivity index (χ0v) is 18.6. The summed E-state index contributed by atoms with van der Waals surface area (Å²) in [7, 11) is -0.933. The van der Waals surface area contributed by atoms with Crippen molar-refractivity contribution >= 4 is 32.5 Å². The lowest BCUT2D eigenvalue weighted by Gasteiger charge is -2.32. The van der Waals surface area contributed by atoms with Crippen molar-refractivity contribution in [2.75, 3.05) is 37.9 Å². The summed E-state index contributed by atoms with van der Waals surface area (Å²) in [5.41, 5.74) is 2.20. The van der Waals surface area contributed by atoms with E-state index in [-0.39, 0.29) is 13.2 Å². The molecule has 0 bridgehead atoms. The number of rotatable bonds is 5. The number of ether oxygens (including phenoxy) is 1. The van der Waals surface area contributed by atoms with Gasteiger partial charge in [0, 0.05) is 49.3 Å². The summed E-state index contributed by atoms with van der Waals surface area (Å²) in [4.78, 5) is 30.5. The number of hydrogen-bond donors (Lipinski definition) is 2. The number of aliphatic carboxylic acids is 1. The van der Waals surface area contributed by atoms with Crippen LogP contribution in [0.3, 0.4) is 0 Å². The van der Waals surface area contributed by atoms with Crippen molar-refractivity contribution < 1.29 is 18.8 Å². The van der Waals surface area contributed by atoms with Crippen LogP contribution in [-0.4, -0.2) is 74.3 Å². The van der Waals surface area contributed by atoms with Crippen LogP contribution in [-0.2, 0) is 24.0 Å². The minimum absolute atomic E-state index is 0.174. The molecule has 1 aliphatic heterocycles. The molecule has 10 nitrogen and oxygen atoms in total. The number of carbonyl (C=O) groups is 1. The Morgan fingerprint density at radius 1 is 1.38 bits per heavy atom. The van der Waals surface area contributed by atoms with Crippen LogP contribution in [0, 0.1) is 0 Å². The first-order valence-electron chi connectivity index (χ1n) is 10.4. The lowest BCUT2D eigenvalue weighted by molar-refractivity contribution is -0.150. The highest BCUT2D eigenvalue weighted by Crippen LogP contribution is 2.53. The molecule has 3 aromatic heterocycles. The molecule has 0 spiro atoms. The second-order valence-electron chi connectivity index (χ2n) is 8.16. The van der Waals surface area contributed by atoms with Crippen LogP contribution in [0.2, 0.25) is 0 Å². The highest BCUT2D eigenvalue weighted by atomic mass is 32.2. The number of hydrogen-bond acceptors (Lipinski definition) is 8. The van der Waals surface area contributed by atoms with Gasteiger partial charge in [0.05, 0.1) is 33.3 Å². The van der Waals surface area contributed by atoms with Gasteiger partial charge in [-0.3, -0.25) is 0 Å². The maximum atomic E-state index is 13.3. The molecular formula is C21H24N6O4S. The third-order valence-corrected chi connectivity index (χ3v) is 9.09. The number of anilines is 1. The Bertz CT molecular complexity index is 1320. The van der Waals surface area contributed by atoms with Crippen molar-refractivity contribution in [3.8, 4) is 11.4 Å². The second-order valence-corrected chi connectivity index (χ2v) is 10.9. The maximum absolute atomic E-state index is 13.3. The number of carboxylic acid groups (broad SMARTS) is 1. The molecule has 1 saturated heterocycles. The third kappa shape index (κ3) is 3.32. The number of nitrogens with one attached hydrogen (secondary N) is 1. The lowest BCUT2D eigenvalue weighted by atomic mass is 10.1. The van der Waals surface area contributed by atoms with Gasteiger partial charge in [0.15, 0.2) is 11.9 Å². The Labute approximate surface area is 185 Å². The van der Waals surface area contributed by atoms with Gasteiger partial charge in [-0.1, -0.05) is 0 Å². The fourth-order valence-corrected chi connectivity index (χ4v) is 5.93. The first-order valence-corrected chi connectivity index (χ1v) is 12.3. The summed E-state index contributed by atoms with van der Waals surface area (Å²) in [5.74, 6) is 0.0745. The van der Waals surface area contributed by atoms with Crippen LogP contribution >= 0.6 is 0 Å². The van der Waals surface area contributed by atoms with Gasteiger partial charge in [0.1, 0.15) is 11.5 Å². The van der Waals surface area contributed by atoms with E-state index in [0.717, 1.165) is 29.4 Å². The Morgan fingerprint density at radius 3 is 2.91 bits per heavy atom.